The third-order valence-corrected chi connectivity index (χ3v) is 3.02. The second kappa shape index (κ2) is 8.67. The van der Waals surface area contributed by atoms with Crippen molar-refractivity contribution in [2.45, 2.75) is 38.5 Å². The first-order valence-corrected chi connectivity index (χ1v) is 6.66. The van der Waals surface area contributed by atoms with Crippen LogP contribution in [0.25, 0.3) is 0 Å². The molecule has 1 amide bonds. The fourth-order valence-electron chi connectivity index (χ4n) is 2.04. The number of halogens is 1. The average Bonchev–Trinajstić information content (AvgIpc) is 2.54. The van der Waals surface area contributed by atoms with Crippen molar-refractivity contribution < 1.29 is 9.18 Å². The van der Waals surface area contributed by atoms with E-state index in [1.807, 2.05) is 4.90 Å². The average molecular weight is 251 g/mol. The lowest BCUT2D eigenvalue weighted by Gasteiger charge is -2.19. The third-order valence-electron chi connectivity index (χ3n) is 3.02. The Balaban J connectivity index is 2.22. The summed E-state index contributed by atoms with van der Waals surface area (Å²) in [5, 5.41) is 0. The predicted molar refractivity (Wildman–Crippen MR) is 72.8 cm³/mol. The van der Waals surface area contributed by atoms with Crippen LogP contribution >= 0.6 is 0 Å². The van der Waals surface area contributed by atoms with Crippen molar-refractivity contribution >= 4 is 5.91 Å². The Morgan fingerprint density at radius 2 is 2.22 bits per heavy atom. The van der Waals surface area contributed by atoms with Crippen molar-refractivity contribution in [3.05, 3.63) is 36.7 Å². The Hall–Kier alpha value is -1.38. The quantitative estimate of drug-likeness (QED) is 0.520. The second-order valence-corrected chi connectivity index (χ2v) is 4.52. The highest BCUT2D eigenvalue weighted by molar-refractivity contribution is 5.76. The van der Waals surface area contributed by atoms with Gasteiger partial charge in [0.1, 0.15) is 5.83 Å². The smallest absolute Gasteiger partial charge is 0.222 e. The van der Waals surface area contributed by atoms with E-state index in [-0.39, 0.29) is 11.7 Å². The highest BCUT2D eigenvalue weighted by Crippen LogP contribution is 2.12. The summed E-state index contributed by atoms with van der Waals surface area (Å²) in [6, 6.07) is 0. The first kappa shape index (κ1) is 14.7. The van der Waals surface area contributed by atoms with Crippen molar-refractivity contribution in [2.75, 3.05) is 13.1 Å². The van der Waals surface area contributed by atoms with E-state index >= 15 is 0 Å². The van der Waals surface area contributed by atoms with Gasteiger partial charge < -0.3 is 4.90 Å². The first-order valence-electron chi connectivity index (χ1n) is 6.66. The molecular formula is C15H22FNO. The molecule has 1 fully saturated rings. The van der Waals surface area contributed by atoms with Gasteiger partial charge in [-0.05, 0) is 37.8 Å². The van der Waals surface area contributed by atoms with E-state index in [9.17, 15) is 9.18 Å². The van der Waals surface area contributed by atoms with Gasteiger partial charge in [0.2, 0.25) is 5.91 Å². The monoisotopic (exact) mass is 251 g/mol. The van der Waals surface area contributed by atoms with Crippen LogP contribution in [0.4, 0.5) is 4.39 Å². The minimum atomic E-state index is -0.282. The Bertz CT molecular complexity index is 333. The molecule has 2 nitrogen and oxygen atoms in total. The number of hydrogen-bond donors (Lipinski definition) is 0. The summed E-state index contributed by atoms with van der Waals surface area (Å²) in [7, 11) is 0. The van der Waals surface area contributed by atoms with E-state index in [2.05, 4.69) is 6.58 Å². The number of amides is 1. The van der Waals surface area contributed by atoms with Crippen LogP contribution in [0.5, 0.6) is 0 Å². The number of likely N-dealkylation sites (tertiary alicyclic amines) is 1. The lowest BCUT2D eigenvalue weighted by molar-refractivity contribution is -0.130. The van der Waals surface area contributed by atoms with Gasteiger partial charge in [0.25, 0.3) is 0 Å². The fourth-order valence-corrected chi connectivity index (χ4v) is 2.04. The molecular weight excluding hydrogens is 229 g/mol. The van der Waals surface area contributed by atoms with E-state index in [1.165, 1.54) is 18.2 Å². The first-order chi connectivity index (χ1) is 8.74. The van der Waals surface area contributed by atoms with Gasteiger partial charge in [-0.3, -0.25) is 4.79 Å². The second-order valence-electron chi connectivity index (χ2n) is 4.52. The predicted octanol–water partition coefficient (Wildman–Crippen LogP) is 3.76. The maximum absolute atomic E-state index is 12.9. The van der Waals surface area contributed by atoms with E-state index < -0.39 is 0 Å². The Labute approximate surface area is 109 Å². The van der Waals surface area contributed by atoms with Crippen LogP contribution in [0.1, 0.15) is 38.5 Å². The number of carbonyl (C=O) groups is 1. The van der Waals surface area contributed by atoms with E-state index in [4.69, 9.17) is 0 Å². The third kappa shape index (κ3) is 5.80. The Morgan fingerprint density at radius 3 is 3.00 bits per heavy atom. The number of allylic oxidation sites excluding steroid dienone is 5. The van der Waals surface area contributed by atoms with Gasteiger partial charge in [0, 0.05) is 19.5 Å². The van der Waals surface area contributed by atoms with Crippen molar-refractivity contribution in [3.63, 3.8) is 0 Å². The number of nitrogens with zero attached hydrogens (tertiary/aromatic N) is 1. The van der Waals surface area contributed by atoms with Crippen LogP contribution in [-0.2, 0) is 4.79 Å². The summed E-state index contributed by atoms with van der Waals surface area (Å²) in [6.45, 7) is 5.10. The minimum Gasteiger partial charge on any atom is -0.343 e. The molecule has 100 valence electrons. The van der Waals surface area contributed by atoms with Crippen LogP contribution < -0.4 is 0 Å². The zero-order valence-corrected chi connectivity index (χ0v) is 10.9. The number of carbonyl (C=O) groups excluding carboxylic acids is 1. The molecule has 0 atom stereocenters. The number of unbranched alkanes of at least 4 members (excludes halogenated alkanes) is 1. The fraction of sp³-hybridized carbons (Fsp3) is 0.533. The Morgan fingerprint density at radius 1 is 1.39 bits per heavy atom. The molecule has 0 aliphatic carbocycles. The maximum Gasteiger partial charge on any atom is 0.222 e. The van der Waals surface area contributed by atoms with Gasteiger partial charge in [-0.2, -0.15) is 0 Å². The summed E-state index contributed by atoms with van der Waals surface area (Å²) < 4.78 is 12.9. The van der Waals surface area contributed by atoms with Crippen molar-refractivity contribution in [1.82, 2.24) is 4.90 Å². The molecule has 1 aliphatic rings. The van der Waals surface area contributed by atoms with Crippen LogP contribution in [0.15, 0.2) is 36.7 Å². The highest BCUT2D eigenvalue weighted by Gasteiger charge is 2.15. The van der Waals surface area contributed by atoms with Gasteiger partial charge in [0.15, 0.2) is 0 Å². The van der Waals surface area contributed by atoms with Crippen LogP contribution in [-0.4, -0.2) is 23.9 Å². The summed E-state index contributed by atoms with van der Waals surface area (Å²) in [4.78, 5) is 13.6. The van der Waals surface area contributed by atoms with Crippen LogP contribution in [0, 0.1) is 0 Å². The minimum absolute atomic E-state index is 0.272. The van der Waals surface area contributed by atoms with Crippen LogP contribution in [0.3, 0.4) is 0 Å². The van der Waals surface area contributed by atoms with Gasteiger partial charge in [0.05, 0.1) is 0 Å². The molecule has 0 unspecified atom stereocenters. The molecule has 3 heteroatoms. The summed E-state index contributed by atoms with van der Waals surface area (Å²) in [5.41, 5.74) is 0. The standard InChI is InChI=1S/C15H22FNO/c1-2-9-14(16)10-5-3-7-12-17-13-8-4-6-11-15(17)18/h2,5,9-10H,1,3-4,6-8,11-13H2/b10-5-,14-9+. The molecule has 1 saturated heterocycles. The largest absolute Gasteiger partial charge is 0.343 e. The van der Waals surface area contributed by atoms with Crippen molar-refractivity contribution in [2.24, 2.45) is 0 Å². The normalized spacial score (nSPS) is 18.2. The van der Waals surface area contributed by atoms with Crippen molar-refractivity contribution in [1.29, 1.82) is 0 Å². The molecule has 0 N–H and O–H groups in total. The highest BCUT2D eigenvalue weighted by atomic mass is 19.1. The molecule has 0 aromatic heterocycles. The lowest BCUT2D eigenvalue weighted by Crippen LogP contribution is -2.31. The molecule has 18 heavy (non-hydrogen) atoms. The van der Waals surface area contributed by atoms with Gasteiger partial charge >= 0.3 is 0 Å². The molecule has 0 bridgehead atoms. The lowest BCUT2D eigenvalue weighted by atomic mass is 10.2. The molecule has 1 aliphatic heterocycles. The summed E-state index contributed by atoms with van der Waals surface area (Å²) in [5.74, 6) is -0.00920. The molecule has 0 aromatic carbocycles. The summed E-state index contributed by atoms with van der Waals surface area (Å²) in [6.07, 6.45) is 11.7. The topological polar surface area (TPSA) is 20.3 Å². The van der Waals surface area contributed by atoms with E-state index in [0.717, 1.165) is 45.2 Å². The number of rotatable bonds is 6. The molecule has 0 saturated carbocycles. The molecule has 1 rings (SSSR count). The van der Waals surface area contributed by atoms with Gasteiger partial charge in [-0.15, -0.1) is 0 Å². The number of hydrogen-bond acceptors (Lipinski definition) is 1. The zero-order valence-electron chi connectivity index (χ0n) is 10.9. The van der Waals surface area contributed by atoms with E-state index in [0.29, 0.717) is 6.42 Å². The van der Waals surface area contributed by atoms with Gasteiger partial charge in [-0.1, -0.05) is 25.2 Å². The van der Waals surface area contributed by atoms with Crippen LogP contribution in [0.2, 0.25) is 0 Å². The van der Waals surface area contributed by atoms with E-state index in [1.54, 1.807) is 6.08 Å². The molecule has 0 aromatic rings. The SMILES string of the molecule is C=C/C=C(F)\C=C/CCCN1CCCCCC1=O. The van der Waals surface area contributed by atoms with Crippen molar-refractivity contribution in [3.8, 4) is 0 Å². The molecule has 0 radical (unpaired) electrons. The molecule has 1 heterocycles. The summed E-state index contributed by atoms with van der Waals surface area (Å²) >= 11 is 0. The Kier molecular flexibility index (Phi) is 7.07. The van der Waals surface area contributed by atoms with Gasteiger partial charge in [-0.25, -0.2) is 4.39 Å². The maximum atomic E-state index is 12.9. The molecule has 0 spiro atoms. The zero-order chi connectivity index (χ0) is 13.2.